The van der Waals surface area contributed by atoms with Crippen LogP contribution in [0, 0.1) is 0 Å². The van der Waals surface area contributed by atoms with E-state index >= 15 is 0 Å². The van der Waals surface area contributed by atoms with E-state index in [1.165, 1.54) is 0 Å². The highest BCUT2D eigenvalue weighted by Crippen LogP contribution is 2.29. The number of benzene rings is 1. The molecule has 1 unspecified atom stereocenters. The van der Waals surface area contributed by atoms with Crippen molar-refractivity contribution in [2.45, 2.75) is 19.1 Å². The molecule has 1 aliphatic rings. The minimum Gasteiger partial charge on any atom is -0.392 e. The standard InChI is InChI=1S/C11H14BrNO2/c12-10-5-8(7-14)1-2-11(10)13-4-3-9(15)6-13/h1-2,5,9,14-15H,3-4,6-7H2. The van der Waals surface area contributed by atoms with Gasteiger partial charge >= 0.3 is 0 Å². The third kappa shape index (κ3) is 2.33. The number of aliphatic hydroxyl groups excluding tert-OH is 2. The van der Waals surface area contributed by atoms with E-state index in [4.69, 9.17) is 5.11 Å². The van der Waals surface area contributed by atoms with E-state index in [1.807, 2.05) is 18.2 Å². The number of β-amino-alcohol motifs (C(OH)–C–C–N with tert-alkyl or cyclic N) is 1. The summed E-state index contributed by atoms with van der Waals surface area (Å²) in [5.74, 6) is 0. The van der Waals surface area contributed by atoms with Gasteiger partial charge in [-0.25, -0.2) is 0 Å². The zero-order chi connectivity index (χ0) is 10.8. The monoisotopic (exact) mass is 271 g/mol. The Hall–Kier alpha value is -0.580. The van der Waals surface area contributed by atoms with Crippen LogP contribution >= 0.6 is 15.9 Å². The summed E-state index contributed by atoms with van der Waals surface area (Å²) >= 11 is 3.48. The van der Waals surface area contributed by atoms with Crippen molar-refractivity contribution >= 4 is 21.6 Å². The van der Waals surface area contributed by atoms with Crippen LogP contribution < -0.4 is 4.90 Å². The van der Waals surface area contributed by atoms with E-state index in [1.54, 1.807) is 0 Å². The molecule has 2 rings (SSSR count). The van der Waals surface area contributed by atoms with E-state index in [0.29, 0.717) is 6.54 Å². The highest BCUT2D eigenvalue weighted by molar-refractivity contribution is 9.10. The first-order valence-corrected chi connectivity index (χ1v) is 5.82. The number of halogens is 1. The molecule has 1 aromatic rings. The summed E-state index contributed by atoms with van der Waals surface area (Å²) in [5.41, 5.74) is 1.98. The van der Waals surface area contributed by atoms with Crippen molar-refractivity contribution in [1.29, 1.82) is 0 Å². The van der Waals surface area contributed by atoms with Crippen molar-refractivity contribution in [1.82, 2.24) is 0 Å². The molecule has 1 aliphatic heterocycles. The Morgan fingerprint density at radius 2 is 2.27 bits per heavy atom. The van der Waals surface area contributed by atoms with Crippen LogP contribution in [0.3, 0.4) is 0 Å². The second kappa shape index (κ2) is 4.51. The van der Waals surface area contributed by atoms with Crippen LogP contribution in [0.5, 0.6) is 0 Å². The van der Waals surface area contributed by atoms with Crippen molar-refractivity contribution in [3.8, 4) is 0 Å². The molecule has 0 aliphatic carbocycles. The SMILES string of the molecule is OCc1ccc(N2CCC(O)C2)c(Br)c1. The molecule has 1 atom stereocenters. The van der Waals surface area contributed by atoms with Gasteiger partial charge in [-0.1, -0.05) is 6.07 Å². The molecule has 3 nitrogen and oxygen atoms in total. The lowest BCUT2D eigenvalue weighted by molar-refractivity contribution is 0.198. The smallest absolute Gasteiger partial charge is 0.0731 e. The van der Waals surface area contributed by atoms with Gasteiger partial charge in [0, 0.05) is 17.6 Å². The van der Waals surface area contributed by atoms with Gasteiger partial charge in [-0.15, -0.1) is 0 Å². The maximum Gasteiger partial charge on any atom is 0.0731 e. The summed E-state index contributed by atoms with van der Waals surface area (Å²) in [5, 5.41) is 18.4. The van der Waals surface area contributed by atoms with Gasteiger partial charge in [-0.3, -0.25) is 0 Å². The van der Waals surface area contributed by atoms with E-state index < -0.39 is 0 Å². The van der Waals surface area contributed by atoms with Crippen molar-refractivity contribution < 1.29 is 10.2 Å². The Bertz CT molecular complexity index is 356. The van der Waals surface area contributed by atoms with Crippen molar-refractivity contribution in [3.63, 3.8) is 0 Å². The maximum atomic E-state index is 9.46. The Kier molecular flexibility index (Phi) is 3.29. The highest BCUT2D eigenvalue weighted by Gasteiger charge is 2.21. The zero-order valence-corrected chi connectivity index (χ0v) is 9.94. The first-order chi connectivity index (χ1) is 7.20. The number of aliphatic hydroxyl groups is 2. The lowest BCUT2D eigenvalue weighted by Gasteiger charge is -2.19. The molecule has 4 heteroatoms. The maximum absolute atomic E-state index is 9.46. The molecule has 1 heterocycles. The minimum atomic E-state index is -0.214. The number of nitrogens with zero attached hydrogens (tertiary/aromatic N) is 1. The molecule has 2 N–H and O–H groups in total. The van der Waals surface area contributed by atoms with Gasteiger partial charge in [0.1, 0.15) is 0 Å². The lowest BCUT2D eigenvalue weighted by Crippen LogP contribution is -2.21. The van der Waals surface area contributed by atoms with Gasteiger partial charge in [0.25, 0.3) is 0 Å². The number of anilines is 1. The molecular formula is C11H14BrNO2. The number of rotatable bonds is 2. The Balaban J connectivity index is 2.21. The van der Waals surface area contributed by atoms with E-state index in [0.717, 1.165) is 28.7 Å². The fourth-order valence-electron chi connectivity index (χ4n) is 1.87. The van der Waals surface area contributed by atoms with Crippen molar-refractivity contribution in [2.24, 2.45) is 0 Å². The van der Waals surface area contributed by atoms with Crippen molar-refractivity contribution in [2.75, 3.05) is 18.0 Å². The molecule has 1 aromatic carbocycles. The molecule has 1 saturated heterocycles. The molecule has 0 radical (unpaired) electrons. The van der Waals surface area contributed by atoms with E-state index in [9.17, 15) is 5.11 Å². The Morgan fingerprint density at radius 1 is 1.47 bits per heavy atom. The molecule has 0 amide bonds. The van der Waals surface area contributed by atoms with Gasteiger partial charge < -0.3 is 15.1 Å². The lowest BCUT2D eigenvalue weighted by atomic mass is 10.2. The first-order valence-electron chi connectivity index (χ1n) is 5.03. The molecule has 0 saturated carbocycles. The van der Waals surface area contributed by atoms with E-state index in [2.05, 4.69) is 20.8 Å². The normalized spacial score (nSPS) is 21.0. The third-order valence-corrected chi connectivity index (χ3v) is 3.33. The Labute approximate surface area is 97.5 Å². The van der Waals surface area contributed by atoms with Crippen LogP contribution in [0.15, 0.2) is 22.7 Å². The minimum absolute atomic E-state index is 0.0570. The quantitative estimate of drug-likeness (QED) is 0.857. The van der Waals surface area contributed by atoms with Crippen LogP contribution in [0.2, 0.25) is 0 Å². The van der Waals surface area contributed by atoms with Crippen LogP contribution in [-0.4, -0.2) is 29.4 Å². The molecule has 0 bridgehead atoms. The van der Waals surface area contributed by atoms with E-state index in [-0.39, 0.29) is 12.7 Å². The number of hydrogen-bond acceptors (Lipinski definition) is 3. The topological polar surface area (TPSA) is 43.7 Å². The largest absolute Gasteiger partial charge is 0.392 e. The average molecular weight is 272 g/mol. The van der Waals surface area contributed by atoms with Crippen molar-refractivity contribution in [3.05, 3.63) is 28.2 Å². The molecule has 1 fully saturated rings. The van der Waals surface area contributed by atoms with Gasteiger partial charge in [-0.05, 0) is 40.0 Å². The fraction of sp³-hybridized carbons (Fsp3) is 0.455. The molecule has 82 valence electrons. The predicted molar refractivity (Wildman–Crippen MR) is 62.9 cm³/mol. The molecule has 0 spiro atoms. The van der Waals surface area contributed by atoms with Gasteiger partial charge in [0.15, 0.2) is 0 Å². The molecule has 0 aromatic heterocycles. The zero-order valence-electron chi connectivity index (χ0n) is 8.36. The predicted octanol–water partition coefficient (Wildman–Crippen LogP) is 1.51. The van der Waals surface area contributed by atoms with Gasteiger partial charge in [0.2, 0.25) is 0 Å². The summed E-state index contributed by atoms with van der Waals surface area (Å²) in [7, 11) is 0. The second-order valence-corrected chi connectivity index (χ2v) is 4.69. The van der Waals surface area contributed by atoms with Gasteiger partial charge in [-0.2, -0.15) is 0 Å². The number of hydrogen-bond donors (Lipinski definition) is 2. The summed E-state index contributed by atoms with van der Waals surface area (Å²) in [6.07, 6.45) is 0.614. The molecule has 15 heavy (non-hydrogen) atoms. The first kappa shape index (κ1) is 10.9. The van der Waals surface area contributed by atoms with Crippen LogP contribution in [0.4, 0.5) is 5.69 Å². The van der Waals surface area contributed by atoms with Crippen LogP contribution in [-0.2, 0) is 6.61 Å². The fourth-order valence-corrected chi connectivity index (χ4v) is 2.54. The van der Waals surface area contributed by atoms with Crippen LogP contribution in [0.25, 0.3) is 0 Å². The Morgan fingerprint density at radius 3 is 2.80 bits per heavy atom. The summed E-state index contributed by atoms with van der Waals surface area (Å²) in [4.78, 5) is 2.15. The summed E-state index contributed by atoms with van der Waals surface area (Å²) < 4.78 is 0.975. The summed E-state index contributed by atoms with van der Waals surface area (Å²) in [6.45, 7) is 1.64. The third-order valence-electron chi connectivity index (χ3n) is 2.70. The summed E-state index contributed by atoms with van der Waals surface area (Å²) in [6, 6.07) is 5.80. The second-order valence-electron chi connectivity index (χ2n) is 3.83. The average Bonchev–Trinajstić information content (AvgIpc) is 2.64. The molecular weight excluding hydrogens is 258 g/mol. The van der Waals surface area contributed by atoms with Crippen LogP contribution in [0.1, 0.15) is 12.0 Å². The highest BCUT2D eigenvalue weighted by atomic mass is 79.9. The van der Waals surface area contributed by atoms with Gasteiger partial charge in [0.05, 0.1) is 18.4 Å².